The van der Waals surface area contributed by atoms with E-state index in [1.165, 1.54) is 0 Å². The number of thioether (sulfide) groups is 1. The average molecular weight is 310 g/mol. The third kappa shape index (κ3) is 3.24. The highest BCUT2D eigenvalue weighted by molar-refractivity contribution is 7.99. The lowest BCUT2D eigenvalue weighted by atomic mass is 10.1. The first-order valence-electron chi connectivity index (χ1n) is 6.28. The van der Waals surface area contributed by atoms with Gasteiger partial charge < -0.3 is 4.98 Å². The summed E-state index contributed by atoms with van der Waals surface area (Å²) in [4.78, 5) is 8.18. The number of benzene rings is 1. The zero-order chi connectivity index (χ0) is 14.1. The summed E-state index contributed by atoms with van der Waals surface area (Å²) < 4.78 is 25.1. The molecule has 1 aromatic heterocycles. The molecule has 6 heteroatoms. The molecule has 1 aliphatic carbocycles. The first-order valence-corrected chi connectivity index (χ1v) is 7.57. The summed E-state index contributed by atoms with van der Waals surface area (Å²) in [5, 5.41) is 0. The molecule has 1 aromatic carbocycles. The van der Waals surface area contributed by atoms with Gasteiger partial charge in [0.2, 0.25) is 0 Å². The van der Waals surface area contributed by atoms with Gasteiger partial charge in [0.05, 0.1) is 0 Å². The van der Waals surface area contributed by atoms with Crippen LogP contribution in [0.4, 0.5) is 8.78 Å². The van der Waals surface area contributed by atoms with Crippen LogP contribution in [0, 0.1) is 4.64 Å². The summed E-state index contributed by atoms with van der Waals surface area (Å²) in [5.41, 5.74) is 1.82. The second kappa shape index (κ2) is 5.61. The van der Waals surface area contributed by atoms with Crippen LogP contribution >= 0.6 is 24.0 Å². The molecule has 0 bridgehead atoms. The lowest BCUT2D eigenvalue weighted by molar-refractivity contribution is 0.252. The van der Waals surface area contributed by atoms with Crippen LogP contribution in [0.5, 0.6) is 0 Å². The number of alkyl halides is 2. The quantitative estimate of drug-likeness (QED) is 0.636. The summed E-state index contributed by atoms with van der Waals surface area (Å²) in [6, 6.07) is 8.83. The highest BCUT2D eigenvalue weighted by atomic mass is 32.2. The van der Waals surface area contributed by atoms with Gasteiger partial charge in [-0.25, -0.2) is 4.98 Å². The smallest absolute Gasteiger partial charge is 0.288 e. The Bertz CT molecular complexity index is 664. The fourth-order valence-electron chi connectivity index (χ4n) is 2.00. The van der Waals surface area contributed by atoms with Crippen LogP contribution in [0.25, 0.3) is 11.3 Å². The van der Waals surface area contributed by atoms with Gasteiger partial charge in [0.15, 0.2) is 0 Å². The topological polar surface area (TPSA) is 28.7 Å². The van der Waals surface area contributed by atoms with Crippen molar-refractivity contribution in [1.82, 2.24) is 9.97 Å². The molecule has 1 aliphatic rings. The van der Waals surface area contributed by atoms with E-state index in [1.54, 1.807) is 18.2 Å². The minimum Gasteiger partial charge on any atom is -0.343 e. The summed E-state index contributed by atoms with van der Waals surface area (Å²) >= 11 is 5.73. The molecule has 2 nitrogen and oxygen atoms in total. The zero-order valence-corrected chi connectivity index (χ0v) is 12.1. The normalized spacial score (nSPS) is 14.8. The largest absolute Gasteiger partial charge is 0.343 e. The molecule has 20 heavy (non-hydrogen) atoms. The highest BCUT2D eigenvalue weighted by Crippen LogP contribution is 2.38. The molecule has 1 saturated carbocycles. The number of H-pyrrole nitrogens is 1. The van der Waals surface area contributed by atoms with E-state index in [2.05, 4.69) is 9.97 Å². The maximum Gasteiger partial charge on any atom is 0.288 e. The van der Waals surface area contributed by atoms with Gasteiger partial charge in [-0.3, -0.25) is 0 Å². The van der Waals surface area contributed by atoms with Crippen molar-refractivity contribution in [1.29, 1.82) is 0 Å². The van der Waals surface area contributed by atoms with Crippen LogP contribution < -0.4 is 0 Å². The van der Waals surface area contributed by atoms with Gasteiger partial charge in [-0.2, -0.15) is 8.78 Å². The van der Waals surface area contributed by atoms with Crippen LogP contribution in [0.15, 0.2) is 35.2 Å². The van der Waals surface area contributed by atoms with Gasteiger partial charge in [-0.1, -0.05) is 36.1 Å². The number of rotatable bonds is 4. The van der Waals surface area contributed by atoms with Crippen molar-refractivity contribution in [3.8, 4) is 11.3 Å². The van der Waals surface area contributed by atoms with Crippen molar-refractivity contribution in [2.75, 3.05) is 0 Å². The molecule has 3 rings (SSSR count). The van der Waals surface area contributed by atoms with Crippen LogP contribution in [0.3, 0.4) is 0 Å². The summed E-state index contributed by atoms with van der Waals surface area (Å²) in [7, 11) is 0. The molecular formula is C14H12F2N2S2. The Morgan fingerprint density at radius 1 is 1.25 bits per heavy atom. The Morgan fingerprint density at radius 2 is 1.95 bits per heavy atom. The Balaban J connectivity index is 1.90. The van der Waals surface area contributed by atoms with E-state index in [0.717, 1.165) is 29.9 Å². The second-order valence-corrected chi connectivity index (χ2v) is 6.18. The van der Waals surface area contributed by atoms with E-state index < -0.39 is 5.76 Å². The summed E-state index contributed by atoms with van der Waals surface area (Å²) in [5.74, 6) is -0.974. The predicted octanol–water partition coefficient (Wildman–Crippen LogP) is 5.00. The predicted molar refractivity (Wildman–Crippen MR) is 78.7 cm³/mol. The highest BCUT2D eigenvalue weighted by Gasteiger charge is 2.26. The molecule has 0 aliphatic heterocycles. The third-order valence-electron chi connectivity index (χ3n) is 3.12. The molecule has 104 valence electrons. The number of hydrogen-bond acceptors (Lipinski definition) is 3. The minimum atomic E-state index is -2.39. The lowest BCUT2D eigenvalue weighted by Crippen LogP contribution is -1.95. The van der Waals surface area contributed by atoms with Crippen molar-refractivity contribution in [2.45, 2.75) is 29.4 Å². The summed E-state index contributed by atoms with van der Waals surface area (Å²) in [6.07, 6.45) is 2.29. The number of aromatic amines is 1. The van der Waals surface area contributed by atoms with Gasteiger partial charge in [-0.15, -0.1) is 0 Å². The minimum absolute atomic E-state index is 0.491. The number of nitrogens with one attached hydrogen (secondary N) is 1. The Kier molecular flexibility index (Phi) is 3.85. The first-order chi connectivity index (χ1) is 9.61. The van der Waals surface area contributed by atoms with E-state index in [-0.39, 0.29) is 0 Å². The molecule has 1 fully saturated rings. The Hall–Kier alpha value is -1.27. The molecule has 2 aromatic rings. The van der Waals surface area contributed by atoms with E-state index in [1.807, 2.05) is 12.1 Å². The first kappa shape index (κ1) is 13.7. The molecule has 0 spiro atoms. The maximum absolute atomic E-state index is 12.3. The molecule has 0 amide bonds. The lowest BCUT2D eigenvalue weighted by Gasteiger charge is -2.06. The number of hydrogen-bond donors (Lipinski definition) is 1. The van der Waals surface area contributed by atoms with Crippen molar-refractivity contribution in [2.24, 2.45) is 0 Å². The van der Waals surface area contributed by atoms with E-state index >= 15 is 0 Å². The summed E-state index contributed by atoms with van der Waals surface area (Å²) in [6.45, 7) is 0. The van der Waals surface area contributed by atoms with Crippen molar-refractivity contribution >= 4 is 24.0 Å². The molecule has 0 unspecified atom stereocenters. The standard InChI is InChI=1S/C14H12F2N2S2/c15-14(16)20-10-5-3-8(4-6-10)11-7-12(19)18-13(17-11)9-1-2-9/h3-7,9,14H,1-2H2,(H,17,18,19). The Labute approximate surface area is 124 Å². The van der Waals surface area contributed by atoms with Crippen molar-refractivity contribution < 1.29 is 8.78 Å². The van der Waals surface area contributed by atoms with Crippen LogP contribution in [-0.4, -0.2) is 15.7 Å². The number of halogens is 2. The van der Waals surface area contributed by atoms with Crippen LogP contribution in [0.2, 0.25) is 0 Å². The van der Waals surface area contributed by atoms with Gasteiger partial charge in [0.1, 0.15) is 10.5 Å². The maximum atomic E-state index is 12.3. The zero-order valence-electron chi connectivity index (χ0n) is 10.5. The second-order valence-electron chi connectivity index (χ2n) is 4.70. The van der Waals surface area contributed by atoms with Gasteiger partial charge in [-0.05, 0) is 36.6 Å². The molecule has 1 heterocycles. The Morgan fingerprint density at radius 3 is 2.55 bits per heavy atom. The van der Waals surface area contributed by atoms with Gasteiger partial charge >= 0.3 is 0 Å². The van der Waals surface area contributed by atoms with Crippen LogP contribution in [-0.2, 0) is 0 Å². The number of aromatic nitrogens is 2. The van der Waals surface area contributed by atoms with Gasteiger partial charge in [0, 0.05) is 16.5 Å². The van der Waals surface area contributed by atoms with Gasteiger partial charge in [0.25, 0.3) is 5.76 Å². The average Bonchev–Trinajstić information content (AvgIpc) is 3.22. The number of nitrogens with zero attached hydrogens (tertiary/aromatic N) is 1. The van der Waals surface area contributed by atoms with E-state index in [4.69, 9.17) is 12.2 Å². The SMILES string of the molecule is FC(F)Sc1ccc(-c2cc(=S)nc(C3CC3)[nH]2)cc1. The molecule has 0 radical (unpaired) electrons. The fourth-order valence-corrected chi connectivity index (χ4v) is 2.71. The molecule has 1 N–H and O–H groups in total. The van der Waals surface area contributed by atoms with E-state index in [0.29, 0.717) is 27.2 Å². The van der Waals surface area contributed by atoms with Crippen LogP contribution in [0.1, 0.15) is 24.6 Å². The van der Waals surface area contributed by atoms with E-state index in [9.17, 15) is 8.78 Å². The van der Waals surface area contributed by atoms with Crippen molar-refractivity contribution in [3.05, 3.63) is 40.8 Å². The fraction of sp³-hybridized carbons (Fsp3) is 0.286. The monoisotopic (exact) mass is 310 g/mol. The molecular weight excluding hydrogens is 298 g/mol. The molecule has 0 saturated heterocycles. The molecule has 0 atom stereocenters. The third-order valence-corrected chi connectivity index (χ3v) is 4.05. The van der Waals surface area contributed by atoms with Crippen molar-refractivity contribution in [3.63, 3.8) is 0 Å².